The zero-order valence-corrected chi connectivity index (χ0v) is 7.67. The minimum atomic E-state index is -3.40. The molecule has 64 valence electrons. The highest BCUT2D eigenvalue weighted by molar-refractivity contribution is 7.94. The van der Waals surface area contributed by atoms with Crippen LogP contribution in [0.5, 0.6) is 0 Å². The fraction of sp³-hybridized carbons (Fsp3) is 0.600. The maximum atomic E-state index is 10.9. The van der Waals surface area contributed by atoms with Crippen molar-refractivity contribution in [2.45, 2.75) is 6.92 Å². The van der Waals surface area contributed by atoms with Crippen molar-refractivity contribution in [2.75, 3.05) is 11.5 Å². The largest absolute Gasteiger partial charge is 0.392 e. The van der Waals surface area contributed by atoms with Crippen LogP contribution >= 0.6 is 12.2 Å². The second kappa shape index (κ2) is 3.77. The van der Waals surface area contributed by atoms with E-state index >= 15 is 0 Å². The van der Waals surface area contributed by atoms with Crippen LogP contribution in [0.25, 0.3) is 0 Å². The SMILES string of the molecule is CC(=O)CS(=O)(=O)CC(N)=S. The summed E-state index contributed by atoms with van der Waals surface area (Å²) in [5.41, 5.74) is 5.00. The molecule has 0 saturated heterocycles. The molecule has 0 bridgehead atoms. The molecule has 0 rings (SSSR count). The molecule has 0 aliphatic carbocycles. The number of carbonyl (C=O) groups excluding carboxylic acids is 1. The first-order valence-corrected chi connectivity index (χ1v) is 5.04. The molecule has 4 nitrogen and oxygen atoms in total. The van der Waals surface area contributed by atoms with Crippen molar-refractivity contribution in [3.63, 3.8) is 0 Å². The molecular formula is C5H9NO3S2. The van der Waals surface area contributed by atoms with Crippen LogP contribution in [-0.4, -0.2) is 30.7 Å². The van der Waals surface area contributed by atoms with Crippen molar-refractivity contribution in [3.8, 4) is 0 Å². The van der Waals surface area contributed by atoms with E-state index in [4.69, 9.17) is 5.73 Å². The molecule has 0 heterocycles. The Bertz CT molecular complexity index is 245. The van der Waals surface area contributed by atoms with Gasteiger partial charge >= 0.3 is 0 Å². The van der Waals surface area contributed by atoms with Gasteiger partial charge in [0.1, 0.15) is 17.3 Å². The van der Waals surface area contributed by atoms with Gasteiger partial charge in [0.15, 0.2) is 9.84 Å². The van der Waals surface area contributed by atoms with E-state index in [1.807, 2.05) is 0 Å². The summed E-state index contributed by atoms with van der Waals surface area (Å²) in [5.74, 6) is -1.27. The molecule has 2 N–H and O–H groups in total. The van der Waals surface area contributed by atoms with Crippen LogP contribution < -0.4 is 5.73 Å². The van der Waals surface area contributed by atoms with Crippen molar-refractivity contribution < 1.29 is 13.2 Å². The fourth-order valence-corrected chi connectivity index (χ4v) is 2.27. The average Bonchev–Trinajstić information content (AvgIpc) is 1.53. The molecular weight excluding hydrogens is 186 g/mol. The first kappa shape index (κ1) is 10.5. The lowest BCUT2D eigenvalue weighted by atomic mass is 10.5. The van der Waals surface area contributed by atoms with E-state index in [0.717, 1.165) is 0 Å². The predicted molar refractivity (Wildman–Crippen MR) is 46.1 cm³/mol. The highest BCUT2D eigenvalue weighted by Gasteiger charge is 2.14. The summed E-state index contributed by atoms with van der Waals surface area (Å²) in [5, 5.41) is 0. The first-order chi connectivity index (χ1) is 4.83. The Morgan fingerprint density at radius 1 is 1.45 bits per heavy atom. The second-order valence-electron chi connectivity index (χ2n) is 2.20. The standard InChI is InChI=1S/C5H9NO3S2/c1-4(7)2-11(8,9)3-5(6)10/h2-3H2,1H3,(H2,6,10). The van der Waals surface area contributed by atoms with E-state index < -0.39 is 21.4 Å². The van der Waals surface area contributed by atoms with Gasteiger partial charge in [0.05, 0.1) is 4.99 Å². The summed E-state index contributed by atoms with van der Waals surface area (Å²) < 4.78 is 21.7. The van der Waals surface area contributed by atoms with E-state index in [2.05, 4.69) is 12.2 Å². The maximum Gasteiger partial charge on any atom is 0.163 e. The van der Waals surface area contributed by atoms with Crippen molar-refractivity contribution in [1.29, 1.82) is 0 Å². The molecule has 0 radical (unpaired) electrons. The van der Waals surface area contributed by atoms with Gasteiger partial charge in [-0.25, -0.2) is 8.42 Å². The summed E-state index contributed by atoms with van der Waals surface area (Å²) in [6.45, 7) is 1.21. The predicted octanol–water partition coefficient (Wildman–Crippen LogP) is -0.724. The summed E-state index contributed by atoms with van der Waals surface area (Å²) >= 11 is 4.38. The molecule has 0 saturated carbocycles. The third-order valence-electron chi connectivity index (χ3n) is 0.785. The quantitative estimate of drug-likeness (QED) is 0.599. The molecule has 0 aliphatic rings. The normalized spacial score (nSPS) is 11.0. The van der Waals surface area contributed by atoms with Gasteiger partial charge < -0.3 is 5.73 Å². The van der Waals surface area contributed by atoms with Crippen LogP contribution in [0.1, 0.15) is 6.92 Å². The molecule has 0 atom stereocenters. The van der Waals surface area contributed by atoms with Crippen LogP contribution in [0.3, 0.4) is 0 Å². The zero-order chi connectivity index (χ0) is 9.07. The van der Waals surface area contributed by atoms with E-state index in [1.54, 1.807) is 0 Å². The summed E-state index contributed by atoms with van der Waals surface area (Å²) in [6, 6.07) is 0. The van der Waals surface area contributed by atoms with E-state index in [0.29, 0.717) is 0 Å². The number of sulfone groups is 1. The third-order valence-corrected chi connectivity index (χ3v) is 2.71. The molecule has 0 aromatic rings. The molecule has 0 spiro atoms. The number of thiocarbonyl (C=S) groups is 1. The van der Waals surface area contributed by atoms with E-state index in [-0.39, 0.29) is 10.7 Å². The molecule has 11 heavy (non-hydrogen) atoms. The van der Waals surface area contributed by atoms with Crippen LogP contribution in [0.2, 0.25) is 0 Å². The first-order valence-electron chi connectivity index (χ1n) is 2.81. The minimum Gasteiger partial charge on any atom is -0.392 e. The van der Waals surface area contributed by atoms with E-state index in [1.165, 1.54) is 6.92 Å². The number of Topliss-reactive ketones (excluding diaryl/α,β-unsaturated/α-hetero) is 1. The lowest BCUT2D eigenvalue weighted by Crippen LogP contribution is -2.25. The van der Waals surface area contributed by atoms with Gasteiger partial charge in [-0.1, -0.05) is 12.2 Å². The fourth-order valence-electron chi connectivity index (χ4n) is 0.577. The Labute approximate surface area is 70.7 Å². The maximum absolute atomic E-state index is 10.9. The van der Waals surface area contributed by atoms with Gasteiger partial charge in [-0.2, -0.15) is 0 Å². The van der Waals surface area contributed by atoms with Gasteiger partial charge in [-0.15, -0.1) is 0 Å². The molecule has 0 fully saturated rings. The van der Waals surface area contributed by atoms with Gasteiger partial charge in [0.25, 0.3) is 0 Å². The average molecular weight is 195 g/mol. The van der Waals surface area contributed by atoms with Crippen molar-refractivity contribution in [1.82, 2.24) is 0 Å². The Morgan fingerprint density at radius 3 is 2.18 bits per heavy atom. The number of carbonyl (C=O) groups is 1. The smallest absolute Gasteiger partial charge is 0.163 e. The zero-order valence-electron chi connectivity index (χ0n) is 6.03. The molecule has 0 aromatic carbocycles. The monoisotopic (exact) mass is 195 g/mol. The van der Waals surface area contributed by atoms with Crippen molar-refractivity contribution >= 4 is 32.8 Å². The van der Waals surface area contributed by atoms with Gasteiger partial charge in [0, 0.05) is 0 Å². The number of nitrogens with two attached hydrogens (primary N) is 1. The highest BCUT2D eigenvalue weighted by Crippen LogP contribution is 1.90. The lowest BCUT2D eigenvalue weighted by molar-refractivity contribution is -0.114. The third kappa shape index (κ3) is 5.93. The van der Waals surface area contributed by atoms with Crippen molar-refractivity contribution in [3.05, 3.63) is 0 Å². The Balaban J connectivity index is 4.25. The highest BCUT2D eigenvalue weighted by atomic mass is 32.2. The van der Waals surface area contributed by atoms with Crippen LogP contribution in [-0.2, 0) is 14.6 Å². The summed E-state index contributed by atoms with van der Waals surface area (Å²) in [7, 11) is -3.40. The van der Waals surface area contributed by atoms with Crippen LogP contribution in [0.4, 0.5) is 0 Å². The number of hydrogen-bond acceptors (Lipinski definition) is 4. The van der Waals surface area contributed by atoms with Crippen molar-refractivity contribution in [2.24, 2.45) is 5.73 Å². The second-order valence-corrected chi connectivity index (χ2v) is 4.79. The minimum absolute atomic E-state index is 0.105. The topological polar surface area (TPSA) is 77.2 Å². The summed E-state index contributed by atoms with van der Waals surface area (Å²) in [6.07, 6.45) is 0. The van der Waals surface area contributed by atoms with Gasteiger partial charge in [-0.05, 0) is 6.92 Å². The molecule has 0 aromatic heterocycles. The lowest BCUT2D eigenvalue weighted by Gasteiger charge is -1.98. The summed E-state index contributed by atoms with van der Waals surface area (Å²) in [4.78, 5) is 10.3. The van der Waals surface area contributed by atoms with E-state index in [9.17, 15) is 13.2 Å². The van der Waals surface area contributed by atoms with Gasteiger partial charge in [0.2, 0.25) is 0 Å². The van der Waals surface area contributed by atoms with Crippen LogP contribution in [0.15, 0.2) is 0 Å². The Morgan fingerprint density at radius 2 is 1.91 bits per heavy atom. The molecule has 6 heteroatoms. The number of rotatable bonds is 4. The molecule has 0 unspecified atom stereocenters. The van der Waals surface area contributed by atoms with Crippen LogP contribution in [0, 0.1) is 0 Å². The number of hydrogen-bond donors (Lipinski definition) is 1. The van der Waals surface area contributed by atoms with Gasteiger partial charge in [-0.3, -0.25) is 4.79 Å². The number of ketones is 1. The molecule has 0 amide bonds. The molecule has 0 aliphatic heterocycles. The Kier molecular flexibility index (Phi) is 3.61. The Hall–Kier alpha value is -0.490.